The van der Waals surface area contributed by atoms with E-state index in [0.29, 0.717) is 79.3 Å². The van der Waals surface area contributed by atoms with Crippen molar-refractivity contribution in [3.8, 4) is 0 Å². The van der Waals surface area contributed by atoms with Gasteiger partial charge in [0.05, 0.1) is 25.9 Å². The largest absolute Gasteiger partial charge is 0.379 e. The van der Waals surface area contributed by atoms with Crippen molar-refractivity contribution in [1.29, 1.82) is 0 Å². The van der Waals surface area contributed by atoms with Gasteiger partial charge in [0, 0.05) is 66.1 Å². The summed E-state index contributed by atoms with van der Waals surface area (Å²) in [4.78, 5) is 0. The van der Waals surface area contributed by atoms with Crippen molar-refractivity contribution in [2.45, 2.75) is 297 Å². The molecule has 3 heterocycles. The zero-order valence-corrected chi connectivity index (χ0v) is 49.1. The van der Waals surface area contributed by atoms with Crippen LogP contribution in [0.2, 0.25) is 0 Å². The predicted octanol–water partition coefficient (Wildman–Crippen LogP) is 11.7. The minimum atomic E-state index is -0.974. The summed E-state index contributed by atoms with van der Waals surface area (Å²) < 4.78 is 103. The zero-order chi connectivity index (χ0) is 53.6. The first-order chi connectivity index (χ1) is 36.3. The van der Waals surface area contributed by atoms with Crippen molar-refractivity contribution < 1.29 is 71.1 Å². The summed E-state index contributed by atoms with van der Waals surface area (Å²) in [6.07, 6.45) is 10.5. The van der Waals surface area contributed by atoms with Crippen LogP contribution < -0.4 is 0 Å². The van der Waals surface area contributed by atoms with Crippen LogP contribution >= 0.6 is 0 Å². The highest BCUT2D eigenvalue weighted by Gasteiger charge is 2.55. The standard InChI is InChI=1S/C59H114O15/c1-12-22-32-60-42-46-51(64-36-26-16-5)55(68-40-30-20-9)57(58(72-46)70-44-48-52(65-37-27-17-6)53(66-38-28-18-7)49(45(11)71-48)62-34-24-14-3)74-59-56(69-41-31-21-10)54(67-39-29-19-8)50(63-35-25-15-4)47(73-59)43-61-33-23-13-2/h45-59H,12-44H2,1-11H3/t45-,46?,47?,48?,49?,50-,51-,52-,53-,54?,55?,56?,57-,58+,59-/m1/s1. The van der Waals surface area contributed by atoms with E-state index < -0.39 is 73.6 Å². The normalized spacial score (nSPS) is 30.6. The predicted molar refractivity (Wildman–Crippen MR) is 291 cm³/mol. The lowest BCUT2D eigenvalue weighted by Gasteiger charge is -2.50. The Labute approximate surface area is 452 Å². The molecule has 0 spiro atoms. The van der Waals surface area contributed by atoms with E-state index >= 15 is 0 Å². The van der Waals surface area contributed by atoms with Gasteiger partial charge in [0.1, 0.15) is 73.2 Å². The highest BCUT2D eigenvalue weighted by atomic mass is 16.8. The fourth-order valence-electron chi connectivity index (χ4n) is 9.37. The van der Waals surface area contributed by atoms with Gasteiger partial charge in [-0.1, -0.05) is 133 Å². The van der Waals surface area contributed by atoms with E-state index in [9.17, 15) is 0 Å². The van der Waals surface area contributed by atoms with E-state index in [0.717, 1.165) is 128 Å². The molecule has 3 aliphatic rings. The number of ether oxygens (including phenoxy) is 15. The second kappa shape index (κ2) is 43.2. The van der Waals surface area contributed by atoms with Gasteiger partial charge in [0.25, 0.3) is 0 Å². The summed E-state index contributed by atoms with van der Waals surface area (Å²) in [5.74, 6) is 0. The summed E-state index contributed by atoms with van der Waals surface area (Å²) in [5, 5.41) is 0. The second-order valence-electron chi connectivity index (χ2n) is 20.8. The number of hydrogen-bond acceptors (Lipinski definition) is 15. The number of unbranched alkanes of at least 4 members (excludes halogenated alkanes) is 10. The van der Waals surface area contributed by atoms with Gasteiger partial charge in [-0.3, -0.25) is 0 Å². The summed E-state index contributed by atoms with van der Waals surface area (Å²) in [7, 11) is 0. The van der Waals surface area contributed by atoms with Crippen LogP contribution in [-0.4, -0.2) is 178 Å². The van der Waals surface area contributed by atoms with Gasteiger partial charge in [-0.15, -0.1) is 0 Å². The van der Waals surface area contributed by atoms with E-state index in [4.69, 9.17) is 71.1 Å². The van der Waals surface area contributed by atoms with Crippen LogP contribution in [-0.2, 0) is 71.1 Å². The Bertz CT molecular complexity index is 1270. The molecular formula is C59H114O15. The van der Waals surface area contributed by atoms with E-state index in [1.165, 1.54) is 0 Å². The van der Waals surface area contributed by atoms with Crippen LogP contribution in [0, 0.1) is 0 Å². The molecule has 0 N–H and O–H groups in total. The van der Waals surface area contributed by atoms with Crippen LogP contribution in [0.15, 0.2) is 0 Å². The van der Waals surface area contributed by atoms with E-state index in [1.807, 2.05) is 0 Å². The Morgan fingerprint density at radius 2 is 0.541 bits per heavy atom. The molecule has 3 saturated heterocycles. The Morgan fingerprint density at radius 1 is 0.257 bits per heavy atom. The molecule has 440 valence electrons. The topological polar surface area (TPSA) is 138 Å². The van der Waals surface area contributed by atoms with E-state index in [2.05, 4.69) is 76.2 Å². The molecule has 74 heavy (non-hydrogen) atoms. The maximum absolute atomic E-state index is 7.50. The Balaban J connectivity index is 2.23. The van der Waals surface area contributed by atoms with Crippen LogP contribution in [0.4, 0.5) is 0 Å². The fraction of sp³-hybridized carbons (Fsp3) is 1.00. The third-order valence-electron chi connectivity index (χ3n) is 14.1. The molecule has 0 saturated carbocycles. The van der Waals surface area contributed by atoms with E-state index in [1.54, 1.807) is 0 Å². The molecular weight excluding hydrogens is 949 g/mol. The summed E-state index contributed by atoms with van der Waals surface area (Å²) in [6, 6.07) is 0. The van der Waals surface area contributed by atoms with Gasteiger partial charge in [-0.2, -0.15) is 0 Å². The summed E-state index contributed by atoms with van der Waals surface area (Å²) in [6.45, 7) is 30.1. The van der Waals surface area contributed by atoms with Gasteiger partial charge < -0.3 is 71.1 Å². The lowest BCUT2D eigenvalue weighted by molar-refractivity contribution is -0.383. The fourth-order valence-corrected chi connectivity index (χ4v) is 9.37. The van der Waals surface area contributed by atoms with Crippen molar-refractivity contribution >= 4 is 0 Å². The van der Waals surface area contributed by atoms with E-state index in [-0.39, 0.29) is 24.9 Å². The van der Waals surface area contributed by atoms with Crippen molar-refractivity contribution in [2.24, 2.45) is 0 Å². The number of rotatable bonds is 47. The highest BCUT2D eigenvalue weighted by Crippen LogP contribution is 2.37. The van der Waals surface area contributed by atoms with Crippen LogP contribution in [0.5, 0.6) is 0 Å². The molecule has 3 rings (SSSR count). The maximum atomic E-state index is 7.50. The monoisotopic (exact) mass is 1060 g/mol. The first kappa shape index (κ1) is 67.7. The zero-order valence-electron chi connectivity index (χ0n) is 49.1. The van der Waals surface area contributed by atoms with Crippen molar-refractivity contribution in [3.05, 3.63) is 0 Å². The average molecular weight is 1060 g/mol. The van der Waals surface area contributed by atoms with Crippen LogP contribution in [0.3, 0.4) is 0 Å². The molecule has 0 bridgehead atoms. The van der Waals surface area contributed by atoms with Crippen molar-refractivity contribution in [1.82, 2.24) is 0 Å². The second-order valence-corrected chi connectivity index (χ2v) is 20.8. The highest BCUT2D eigenvalue weighted by molar-refractivity contribution is 4.99. The Kier molecular flexibility index (Phi) is 39.5. The third-order valence-corrected chi connectivity index (χ3v) is 14.1. The molecule has 0 aliphatic carbocycles. The van der Waals surface area contributed by atoms with Gasteiger partial charge in [-0.05, 0) is 71.1 Å². The Morgan fingerprint density at radius 3 is 0.919 bits per heavy atom. The van der Waals surface area contributed by atoms with Gasteiger partial charge in [0.15, 0.2) is 12.6 Å². The molecule has 0 amide bonds. The minimum Gasteiger partial charge on any atom is -0.379 e. The molecule has 0 aromatic carbocycles. The SMILES string of the molecule is CCCCOCC1O[C@H](O[C@@H]2C(OCCCC)[C@H](OCCCC)C(COCCCC)O[C@@H]2OCC2O[C@H](C)C(OCCCC)[C@@H](OCCCC)[C@@H]2OCCCC)C(OCCCC)C(OCCCC)[C@@H]1OCCCC. The molecule has 0 aromatic heterocycles. The van der Waals surface area contributed by atoms with Crippen LogP contribution in [0.25, 0.3) is 0 Å². The van der Waals surface area contributed by atoms with Crippen molar-refractivity contribution in [3.63, 3.8) is 0 Å². The smallest absolute Gasteiger partial charge is 0.187 e. The molecule has 0 radical (unpaired) electrons. The van der Waals surface area contributed by atoms with Gasteiger partial charge >= 0.3 is 0 Å². The molecule has 15 heteroatoms. The molecule has 3 aliphatic heterocycles. The van der Waals surface area contributed by atoms with Gasteiger partial charge in [-0.25, -0.2) is 0 Å². The minimum absolute atomic E-state index is 0.124. The first-order valence-corrected chi connectivity index (χ1v) is 30.6. The lowest BCUT2D eigenvalue weighted by atomic mass is 9.94. The summed E-state index contributed by atoms with van der Waals surface area (Å²) >= 11 is 0. The van der Waals surface area contributed by atoms with Gasteiger partial charge in [0.2, 0.25) is 0 Å². The van der Waals surface area contributed by atoms with Crippen molar-refractivity contribution in [2.75, 3.05) is 85.9 Å². The molecule has 15 nitrogen and oxygen atoms in total. The quantitative estimate of drug-likeness (QED) is 0.0534. The molecule has 7 unspecified atom stereocenters. The number of hydrogen-bond donors (Lipinski definition) is 0. The Hall–Kier alpha value is -0.600. The third kappa shape index (κ3) is 24.4. The summed E-state index contributed by atoms with van der Waals surface area (Å²) in [5.41, 5.74) is 0. The molecule has 0 aromatic rings. The lowest BCUT2D eigenvalue weighted by Crippen LogP contribution is -2.67. The molecule has 3 fully saturated rings. The molecule has 15 atom stereocenters. The maximum Gasteiger partial charge on any atom is 0.187 e. The first-order valence-electron chi connectivity index (χ1n) is 30.6. The average Bonchev–Trinajstić information content (AvgIpc) is 3.40. The van der Waals surface area contributed by atoms with Crippen LogP contribution in [0.1, 0.15) is 205 Å².